The van der Waals surface area contributed by atoms with E-state index in [1.807, 2.05) is 19.1 Å². The first-order valence-electron chi connectivity index (χ1n) is 5.49. The first-order chi connectivity index (χ1) is 7.54. The van der Waals surface area contributed by atoms with Crippen molar-refractivity contribution in [1.82, 2.24) is 0 Å². The minimum absolute atomic E-state index is 0.0362. The highest BCUT2D eigenvalue weighted by molar-refractivity contribution is 6.00. The Hall–Kier alpha value is -1.16. The number of fused-ring (bicyclic) bond motifs is 1. The number of rotatable bonds is 1. The van der Waals surface area contributed by atoms with Crippen LogP contribution >= 0.6 is 0 Å². The molecule has 4 atom stereocenters. The summed E-state index contributed by atoms with van der Waals surface area (Å²) >= 11 is 0. The molecule has 4 rings (SSSR count). The van der Waals surface area contributed by atoms with Gasteiger partial charge in [-0.3, -0.25) is 9.59 Å². The molecule has 0 aromatic heterocycles. The van der Waals surface area contributed by atoms with Gasteiger partial charge in [0.15, 0.2) is 11.4 Å². The summed E-state index contributed by atoms with van der Waals surface area (Å²) in [6.07, 6.45) is 4.51. The molecule has 1 aliphatic heterocycles. The van der Waals surface area contributed by atoms with Crippen molar-refractivity contribution in [2.75, 3.05) is 13.7 Å². The molecular weight excluding hydrogens is 208 g/mol. The Morgan fingerprint density at radius 1 is 1.56 bits per heavy atom. The fourth-order valence-electron chi connectivity index (χ4n) is 3.13. The van der Waals surface area contributed by atoms with Gasteiger partial charge in [-0.2, -0.15) is 0 Å². The van der Waals surface area contributed by atoms with Crippen molar-refractivity contribution in [1.29, 1.82) is 0 Å². The van der Waals surface area contributed by atoms with E-state index >= 15 is 0 Å². The normalized spacial score (nSPS) is 48.5. The quantitative estimate of drug-likeness (QED) is 0.372. The van der Waals surface area contributed by atoms with Crippen LogP contribution in [-0.4, -0.2) is 31.1 Å². The second kappa shape index (κ2) is 2.74. The molecule has 0 amide bonds. The number of Topliss-reactive ketones (excluding diaryl/α,β-unsaturated/α-hetero) is 1. The Kier molecular flexibility index (Phi) is 1.72. The van der Waals surface area contributed by atoms with Gasteiger partial charge in [-0.15, -0.1) is 0 Å². The second-order valence-electron chi connectivity index (χ2n) is 5.12. The third kappa shape index (κ3) is 0.937. The summed E-state index contributed by atoms with van der Waals surface area (Å²) in [5.41, 5.74) is -1.30. The molecule has 3 aliphatic carbocycles. The number of hydrogen-bond acceptors (Lipinski definition) is 4. The van der Waals surface area contributed by atoms with E-state index in [0.717, 1.165) is 0 Å². The average Bonchev–Trinajstić information content (AvgIpc) is 3.06. The Bertz CT molecular complexity index is 407. The number of ketones is 1. The van der Waals surface area contributed by atoms with Crippen LogP contribution in [0.3, 0.4) is 0 Å². The van der Waals surface area contributed by atoms with Gasteiger partial charge in [-0.25, -0.2) is 0 Å². The topological polar surface area (TPSA) is 55.9 Å². The highest BCUT2D eigenvalue weighted by Gasteiger charge is 2.69. The minimum Gasteiger partial charge on any atom is -0.469 e. The molecule has 1 saturated heterocycles. The number of allylic oxidation sites excluding steroid dienone is 1. The van der Waals surface area contributed by atoms with Gasteiger partial charge in [-0.1, -0.05) is 12.2 Å². The molecule has 2 fully saturated rings. The zero-order valence-corrected chi connectivity index (χ0v) is 9.36. The van der Waals surface area contributed by atoms with Crippen LogP contribution in [0.4, 0.5) is 0 Å². The SMILES string of the molecule is COC(=O)[C@@]1(C)C[C@H]2C=C[C@@H]1C(=O)C21CO1. The van der Waals surface area contributed by atoms with Gasteiger partial charge in [0.05, 0.1) is 25.0 Å². The molecule has 0 radical (unpaired) electrons. The van der Waals surface area contributed by atoms with Gasteiger partial charge in [0.2, 0.25) is 0 Å². The van der Waals surface area contributed by atoms with Crippen molar-refractivity contribution in [3.63, 3.8) is 0 Å². The second-order valence-corrected chi connectivity index (χ2v) is 5.12. The van der Waals surface area contributed by atoms with Crippen molar-refractivity contribution < 1.29 is 19.1 Å². The number of ether oxygens (including phenoxy) is 2. The summed E-state index contributed by atoms with van der Waals surface area (Å²) in [6.45, 7) is 2.32. The van der Waals surface area contributed by atoms with E-state index in [0.29, 0.717) is 13.0 Å². The van der Waals surface area contributed by atoms with Crippen LogP contribution in [0.1, 0.15) is 13.3 Å². The zero-order chi connectivity index (χ0) is 11.6. The molecule has 86 valence electrons. The number of hydrogen-bond donors (Lipinski definition) is 0. The fourth-order valence-corrected chi connectivity index (χ4v) is 3.13. The maximum atomic E-state index is 12.2. The Morgan fingerprint density at radius 2 is 2.25 bits per heavy atom. The summed E-state index contributed by atoms with van der Waals surface area (Å²) in [5, 5.41) is 0. The molecule has 16 heavy (non-hydrogen) atoms. The molecule has 0 aromatic carbocycles. The minimum atomic E-state index is -0.706. The van der Waals surface area contributed by atoms with Crippen LogP contribution in [0.25, 0.3) is 0 Å². The van der Waals surface area contributed by atoms with Crippen LogP contribution in [0.15, 0.2) is 12.2 Å². The maximum Gasteiger partial charge on any atom is 0.312 e. The standard InChI is InChI=1S/C12H14O4/c1-11(10(14)15-2)5-7-3-4-8(11)9(13)12(7)6-16-12/h3-4,7-8H,5-6H2,1-2H3/t7-,8-,11+,12?/m1/s1. The van der Waals surface area contributed by atoms with Gasteiger partial charge in [-0.05, 0) is 13.3 Å². The summed E-state index contributed by atoms with van der Waals surface area (Å²) in [4.78, 5) is 24.0. The van der Waals surface area contributed by atoms with Crippen molar-refractivity contribution in [2.24, 2.45) is 17.3 Å². The molecule has 4 nitrogen and oxygen atoms in total. The number of carbonyl (C=O) groups excluding carboxylic acids is 2. The lowest BCUT2D eigenvalue weighted by Gasteiger charge is -2.45. The van der Waals surface area contributed by atoms with Crippen molar-refractivity contribution in [2.45, 2.75) is 18.9 Å². The Balaban J connectivity index is 2.02. The number of carbonyl (C=O) groups is 2. The molecule has 0 aromatic rings. The van der Waals surface area contributed by atoms with Crippen LogP contribution in [-0.2, 0) is 19.1 Å². The number of methoxy groups -OCH3 is 1. The van der Waals surface area contributed by atoms with E-state index in [-0.39, 0.29) is 23.6 Å². The zero-order valence-electron chi connectivity index (χ0n) is 9.36. The highest BCUT2D eigenvalue weighted by Crippen LogP contribution is 2.57. The molecule has 4 heteroatoms. The predicted octanol–water partition coefficient (Wildman–Crippen LogP) is 0.710. The molecule has 1 spiro atoms. The third-order valence-corrected chi connectivity index (χ3v) is 4.27. The van der Waals surface area contributed by atoms with E-state index in [9.17, 15) is 9.59 Å². The van der Waals surface area contributed by atoms with Crippen LogP contribution in [0, 0.1) is 17.3 Å². The first kappa shape index (κ1) is 10.0. The van der Waals surface area contributed by atoms with Crippen LogP contribution in [0.5, 0.6) is 0 Å². The third-order valence-electron chi connectivity index (χ3n) is 4.27. The maximum absolute atomic E-state index is 12.2. The number of esters is 1. The lowest BCUT2D eigenvalue weighted by molar-refractivity contribution is -0.164. The summed E-state index contributed by atoms with van der Waals surface area (Å²) < 4.78 is 10.2. The number of epoxide rings is 1. The van der Waals surface area contributed by atoms with Crippen molar-refractivity contribution >= 4 is 11.8 Å². The van der Waals surface area contributed by atoms with Gasteiger partial charge in [0.1, 0.15) is 0 Å². The lowest BCUT2D eigenvalue weighted by Crippen LogP contribution is -2.56. The van der Waals surface area contributed by atoms with E-state index in [1.165, 1.54) is 7.11 Å². The van der Waals surface area contributed by atoms with Gasteiger partial charge in [0, 0.05) is 5.92 Å². The van der Waals surface area contributed by atoms with E-state index in [1.54, 1.807) is 0 Å². The Labute approximate surface area is 93.6 Å². The fraction of sp³-hybridized carbons (Fsp3) is 0.667. The molecule has 1 unspecified atom stereocenters. The largest absolute Gasteiger partial charge is 0.469 e. The van der Waals surface area contributed by atoms with E-state index < -0.39 is 11.0 Å². The monoisotopic (exact) mass is 222 g/mol. The first-order valence-corrected chi connectivity index (χ1v) is 5.49. The molecule has 0 N–H and O–H groups in total. The molecular formula is C12H14O4. The average molecular weight is 222 g/mol. The van der Waals surface area contributed by atoms with Crippen molar-refractivity contribution in [3.05, 3.63) is 12.2 Å². The van der Waals surface area contributed by atoms with E-state index in [4.69, 9.17) is 9.47 Å². The summed E-state index contributed by atoms with van der Waals surface area (Å²) in [5.74, 6) is -0.587. The molecule has 1 saturated carbocycles. The van der Waals surface area contributed by atoms with E-state index in [2.05, 4.69) is 0 Å². The van der Waals surface area contributed by atoms with Crippen LogP contribution in [0.2, 0.25) is 0 Å². The summed E-state index contributed by atoms with van der Waals surface area (Å²) in [6, 6.07) is 0. The predicted molar refractivity (Wildman–Crippen MR) is 54.6 cm³/mol. The van der Waals surface area contributed by atoms with Gasteiger partial charge in [0.25, 0.3) is 0 Å². The van der Waals surface area contributed by atoms with Gasteiger partial charge >= 0.3 is 5.97 Å². The van der Waals surface area contributed by atoms with Crippen molar-refractivity contribution in [3.8, 4) is 0 Å². The summed E-state index contributed by atoms with van der Waals surface area (Å²) in [7, 11) is 1.37. The highest BCUT2D eigenvalue weighted by atomic mass is 16.6. The van der Waals surface area contributed by atoms with Gasteiger partial charge < -0.3 is 9.47 Å². The molecule has 1 heterocycles. The van der Waals surface area contributed by atoms with Crippen LogP contribution < -0.4 is 0 Å². The lowest BCUT2D eigenvalue weighted by atomic mass is 9.55. The molecule has 2 bridgehead atoms. The smallest absolute Gasteiger partial charge is 0.312 e. The Morgan fingerprint density at radius 3 is 2.75 bits per heavy atom. The molecule has 4 aliphatic rings.